The lowest BCUT2D eigenvalue weighted by atomic mass is 10.2. The van der Waals surface area contributed by atoms with Crippen molar-refractivity contribution in [2.24, 2.45) is 0 Å². The second-order valence-electron chi connectivity index (χ2n) is 7.18. The van der Waals surface area contributed by atoms with Gasteiger partial charge in [-0.15, -0.1) is 0 Å². The Bertz CT molecular complexity index is 1140. The van der Waals surface area contributed by atoms with E-state index in [1.165, 1.54) is 0 Å². The number of rotatable bonds is 8. The first kappa shape index (κ1) is 22.3. The van der Waals surface area contributed by atoms with Gasteiger partial charge < -0.3 is 10.1 Å². The zero-order valence-electron chi connectivity index (χ0n) is 17.6. The van der Waals surface area contributed by atoms with E-state index < -0.39 is 10.0 Å². The molecule has 7 nitrogen and oxygen atoms in total. The molecule has 0 aliphatic rings. The predicted molar refractivity (Wildman–Crippen MR) is 120 cm³/mol. The number of ether oxygens (including phenoxy) is 1. The summed E-state index contributed by atoms with van der Waals surface area (Å²) in [5.74, 6) is 0.339. The van der Waals surface area contributed by atoms with Gasteiger partial charge in [0.05, 0.1) is 4.90 Å². The number of hydrogen-bond donors (Lipinski definition) is 2. The van der Waals surface area contributed by atoms with Crippen LogP contribution in [0.1, 0.15) is 36.2 Å². The molecule has 8 heteroatoms. The highest BCUT2D eigenvalue weighted by molar-refractivity contribution is 7.92. The standard InChI is InChI=1S/C23H25N3O4S/c1-4-17(3)25-22(27)21-6-5-15-24-23(21)30-19-11-9-18(10-12-19)26-31(28,29)20-13-7-16(2)8-14-20/h5-15,17,26H,4H2,1-3H3,(H,25,27)/t17-/m1/s1. The Kier molecular flexibility index (Phi) is 6.91. The van der Waals surface area contributed by atoms with E-state index in [2.05, 4.69) is 15.0 Å². The third kappa shape index (κ3) is 5.82. The average Bonchev–Trinajstić information content (AvgIpc) is 2.75. The van der Waals surface area contributed by atoms with Crippen LogP contribution >= 0.6 is 0 Å². The van der Waals surface area contributed by atoms with Crippen LogP contribution in [0, 0.1) is 6.92 Å². The monoisotopic (exact) mass is 439 g/mol. The van der Waals surface area contributed by atoms with Gasteiger partial charge in [0.2, 0.25) is 5.88 Å². The highest BCUT2D eigenvalue weighted by atomic mass is 32.2. The van der Waals surface area contributed by atoms with E-state index in [0.717, 1.165) is 12.0 Å². The van der Waals surface area contributed by atoms with Crippen LogP contribution in [0.4, 0.5) is 5.69 Å². The minimum atomic E-state index is -3.69. The van der Waals surface area contributed by atoms with Gasteiger partial charge >= 0.3 is 0 Å². The summed E-state index contributed by atoms with van der Waals surface area (Å²) >= 11 is 0. The number of pyridine rings is 1. The Balaban J connectivity index is 1.73. The number of aromatic nitrogens is 1. The first-order valence-electron chi connectivity index (χ1n) is 9.92. The minimum Gasteiger partial charge on any atom is -0.438 e. The molecule has 1 atom stereocenters. The molecule has 0 radical (unpaired) electrons. The second-order valence-corrected chi connectivity index (χ2v) is 8.87. The zero-order valence-corrected chi connectivity index (χ0v) is 18.4. The molecule has 1 heterocycles. The number of nitrogens with zero attached hydrogens (tertiary/aromatic N) is 1. The smallest absolute Gasteiger partial charge is 0.261 e. The number of amides is 1. The second kappa shape index (κ2) is 9.61. The Morgan fingerprint density at radius 1 is 1.06 bits per heavy atom. The van der Waals surface area contributed by atoms with Crippen molar-refractivity contribution in [1.29, 1.82) is 0 Å². The molecule has 0 saturated heterocycles. The molecule has 0 aliphatic heterocycles. The largest absolute Gasteiger partial charge is 0.438 e. The van der Waals surface area contributed by atoms with E-state index in [9.17, 15) is 13.2 Å². The van der Waals surface area contributed by atoms with E-state index >= 15 is 0 Å². The molecule has 0 saturated carbocycles. The van der Waals surface area contributed by atoms with Crippen LogP contribution in [0.2, 0.25) is 0 Å². The summed E-state index contributed by atoms with van der Waals surface area (Å²) in [4.78, 5) is 16.8. The van der Waals surface area contributed by atoms with Crippen molar-refractivity contribution >= 4 is 21.6 Å². The van der Waals surface area contributed by atoms with Gasteiger partial charge in [0.15, 0.2) is 0 Å². The van der Waals surface area contributed by atoms with Crippen molar-refractivity contribution in [2.75, 3.05) is 4.72 Å². The lowest BCUT2D eigenvalue weighted by Crippen LogP contribution is -2.32. The summed E-state index contributed by atoms with van der Waals surface area (Å²) in [5.41, 5.74) is 1.70. The quantitative estimate of drug-likeness (QED) is 0.538. The molecule has 0 aliphatic carbocycles. The molecule has 0 unspecified atom stereocenters. The summed E-state index contributed by atoms with van der Waals surface area (Å²) in [6.07, 6.45) is 2.35. The number of aryl methyl sites for hydroxylation is 1. The van der Waals surface area contributed by atoms with Crippen LogP contribution in [-0.4, -0.2) is 25.4 Å². The number of sulfonamides is 1. The molecule has 0 spiro atoms. The molecule has 3 rings (SSSR count). The fourth-order valence-corrected chi connectivity index (χ4v) is 3.74. The molecule has 1 aromatic heterocycles. The lowest BCUT2D eigenvalue weighted by Gasteiger charge is -2.14. The van der Waals surface area contributed by atoms with Gasteiger partial charge in [-0.3, -0.25) is 9.52 Å². The van der Waals surface area contributed by atoms with Gasteiger partial charge in [0, 0.05) is 17.9 Å². The van der Waals surface area contributed by atoms with E-state index in [4.69, 9.17) is 4.74 Å². The van der Waals surface area contributed by atoms with Crippen LogP contribution in [0.15, 0.2) is 71.8 Å². The van der Waals surface area contributed by atoms with Crippen molar-refractivity contribution in [1.82, 2.24) is 10.3 Å². The summed E-state index contributed by atoms with van der Waals surface area (Å²) < 4.78 is 33.4. The highest BCUT2D eigenvalue weighted by Gasteiger charge is 2.17. The van der Waals surface area contributed by atoms with Crippen LogP contribution in [0.5, 0.6) is 11.6 Å². The molecule has 2 aromatic carbocycles. The first-order valence-corrected chi connectivity index (χ1v) is 11.4. The summed E-state index contributed by atoms with van der Waals surface area (Å²) in [5, 5.41) is 2.89. The van der Waals surface area contributed by atoms with Crippen LogP contribution in [-0.2, 0) is 10.0 Å². The number of carbonyl (C=O) groups is 1. The maximum absolute atomic E-state index is 12.5. The fourth-order valence-electron chi connectivity index (χ4n) is 2.68. The fraction of sp³-hybridized carbons (Fsp3) is 0.217. The summed E-state index contributed by atoms with van der Waals surface area (Å²) in [6.45, 7) is 5.80. The number of benzene rings is 2. The molecule has 31 heavy (non-hydrogen) atoms. The van der Waals surface area contributed by atoms with Gasteiger partial charge in [-0.25, -0.2) is 13.4 Å². The first-order chi connectivity index (χ1) is 14.8. The third-order valence-corrected chi connectivity index (χ3v) is 6.06. The van der Waals surface area contributed by atoms with Crippen LogP contribution in [0.3, 0.4) is 0 Å². The zero-order chi connectivity index (χ0) is 22.4. The number of nitrogens with one attached hydrogen (secondary N) is 2. The van der Waals surface area contributed by atoms with E-state index in [0.29, 0.717) is 17.0 Å². The normalized spacial score (nSPS) is 12.1. The number of carbonyl (C=O) groups excluding carboxylic acids is 1. The summed E-state index contributed by atoms with van der Waals surface area (Å²) in [7, 11) is -3.69. The van der Waals surface area contributed by atoms with E-state index in [-0.39, 0.29) is 22.7 Å². The maximum atomic E-state index is 12.5. The molecular formula is C23H25N3O4S. The van der Waals surface area contributed by atoms with Gasteiger partial charge in [0.1, 0.15) is 11.3 Å². The lowest BCUT2D eigenvalue weighted by molar-refractivity contribution is 0.0936. The molecule has 0 fully saturated rings. The Hall–Kier alpha value is -3.39. The van der Waals surface area contributed by atoms with Gasteiger partial charge in [0.25, 0.3) is 15.9 Å². The predicted octanol–water partition coefficient (Wildman–Crippen LogP) is 4.51. The van der Waals surface area contributed by atoms with E-state index in [1.807, 2.05) is 20.8 Å². The third-order valence-electron chi connectivity index (χ3n) is 4.66. The maximum Gasteiger partial charge on any atom is 0.261 e. The van der Waals surface area contributed by atoms with Crippen molar-refractivity contribution in [2.45, 2.75) is 38.1 Å². The number of hydrogen-bond acceptors (Lipinski definition) is 5. The molecule has 1 amide bonds. The molecular weight excluding hydrogens is 414 g/mol. The van der Waals surface area contributed by atoms with Crippen molar-refractivity contribution < 1.29 is 17.9 Å². The summed E-state index contributed by atoms with van der Waals surface area (Å²) in [6, 6.07) is 16.3. The minimum absolute atomic E-state index is 0.0291. The molecule has 0 bridgehead atoms. The number of anilines is 1. The van der Waals surface area contributed by atoms with Crippen LogP contribution in [0.25, 0.3) is 0 Å². The van der Waals surface area contributed by atoms with Gasteiger partial charge in [-0.2, -0.15) is 0 Å². The Morgan fingerprint density at radius 3 is 2.39 bits per heavy atom. The SMILES string of the molecule is CC[C@@H](C)NC(=O)c1cccnc1Oc1ccc(NS(=O)(=O)c2ccc(C)cc2)cc1. The topological polar surface area (TPSA) is 97.4 Å². The van der Waals surface area contributed by atoms with Gasteiger partial charge in [-0.1, -0.05) is 24.6 Å². The highest BCUT2D eigenvalue weighted by Crippen LogP contribution is 2.25. The van der Waals surface area contributed by atoms with Crippen molar-refractivity contribution in [3.8, 4) is 11.6 Å². The van der Waals surface area contributed by atoms with Crippen LogP contribution < -0.4 is 14.8 Å². The Labute approximate surface area is 182 Å². The molecule has 162 valence electrons. The molecule has 2 N–H and O–H groups in total. The van der Waals surface area contributed by atoms with Crippen molar-refractivity contribution in [3.05, 3.63) is 78.0 Å². The molecule has 3 aromatic rings. The van der Waals surface area contributed by atoms with Gasteiger partial charge in [-0.05, 0) is 68.8 Å². The average molecular weight is 440 g/mol. The Morgan fingerprint density at radius 2 is 1.74 bits per heavy atom. The van der Waals surface area contributed by atoms with E-state index in [1.54, 1.807) is 66.9 Å². The van der Waals surface area contributed by atoms with Crippen molar-refractivity contribution in [3.63, 3.8) is 0 Å².